The first-order chi connectivity index (χ1) is 16.4. The maximum absolute atomic E-state index is 14.5. The molecule has 6 rings (SSSR count). The highest BCUT2D eigenvalue weighted by Crippen LogP contribution is 2.69. The second-order valence-electron chi connectivity index (χ2n) is 10.3. The Balaban J connectivity index is 1.48. The maximum Gasteiger partial charge on any atom is 0.225 e. The van der Waals surface area contributed by atoms with Gasteiger partial charge in [0.05, 0.1) is 40.7 Å². The Morgan fingerprint density at radius 2 is 1.91 bits per heavy atom. The van der Waals surface area contributed by atoms with E-state index in [0.29, 0.717) is 5.95 Å². The number of rotatable bonds is 4. The van der Waals surface area contributed by atoms with Crippen molar-refractivity contribution in [2.24, 2.45) is 5.41 Å². The summed E-state index contributed by atoms with van der Waals surface area (Å²) >= 11 is 0. The number of fused-ring (bicyclic) bond motifs is 5. The van der Waals surface area contributed by atoms with Crippen molar-refractivity contribution in [2.75, 3.05) is 18.1 Å². The summed E-state index contributed by atoms with van der Waals surface area (Å²) in [5.41, 5.74) is 2.16. The molecule has 1 aromatic carbocycles. The minimum absolute atomic E-state index is 0.0333. The van der Waals surface area contributed by atoms with Crippen LogP contribution in [0.2, 0.25) is 0 Å². The summed E-state index contributed by atoms with van der Waals surface area (Å²) in [5, 5.41) is 18.7. The number of aliphatic hydroxyl groups is 1. The van der Waals surface area contributed by atoms with Crippen molar-refractivity contribution in [1.29, 1.82) is 0 Å². The van der Waals surface area contributed by atoms with Gasteiger partial charge < -0.3 is 10.0 Å². The highest BCUT2D eigenvalue weighted by atomic mass is 19.1. The zero-order valence-corrected chi connectivity index (χ0v) is 19.3. The predicted octanol–water partition coefficient (Wildman–Crippen LogP) is 4.38. The van der Waals surface area contributed by atoms with Gasteiger partial charge in [-0.15, -0.1) is 5.10 Å². The Kier molecular flexibility index (Phi) is 4.75. The van der Waals surface area contributed by atoms with Gasteiger partial charge >= 0.3 is 0 Å². The van der Waals surface area contributed by atoms with E-state index in [1.807, 2.05) is 12.1 Å². The quantitative estimate of drug-likeness (QED) is 0.619. The van der Waals surface area contributed by atoms with E-state index in [2.05, 4.69) is 33.9 Å². The highest BCUT2D eigenvalue weighted by molar-refractivity contribution is 5.64. The molecule has 1 saturated carbocycles. The normalized spacial score (nSPS) is 26.8. The monoisotopic (exact) mass is 463 g/mol. The zero-order valence-electron chi connectivity index (χ0n) is 19.3. The number of benzene rings is 1. The molecule has 1 N–H and O–H groups in total. The topological polar surface area (TPSA) is 75.0 Å². The highest BCUT2D eigenvalue weighted by Gasteiger charge is 2.65. The number of aromatic nitrogens is 4. The van der Waals surface area contributed by atoms with Gasteiger partial charge in [-0.25, -0.2) is 18.7 Å². The van der Waals surface area contributed by atoms with Gasteiger partial charge in [-0.2, -0.15) is 5.10 Å². The van der Waals surface area contributed by atoms with Gasteiger partial charge in [0.15, 0.2) is 0 Å². The van der Waals surface area contributed by atoms with E-state index in [-0.39, 0.29) is 35.2 Å². The summed E-state index contributed by atoms with van der Waals surface area (Å²) in [6.07, 6.45) is 5.53. The second kappa shape index (κ2) is 7.50. The van der Waals surface area contributed by atoms with Gasteiger partial charge in [0.2, 0.25) is 5.95 Å². The van der Waals surface area contributed by atoms with E-state index in [0.717, 1.165) is 49.2 Å². The van der Waals surface area contributed by atoms with E-state index in [1.54, 1.807) is 6.20 Å². The zero-order chi connectivity index (χ0) is 23.7. The van der Waals surface area contributed by atoms with Crippen molar-refractivity contribution < 1.29 is 13.9 Å². The Morgan fingerprint density at radius 1 is 1.12 bits per heavy atom. The number of aliphatic hydroxyl groups excluding tert-OH is 1. The summed E-state index contributed by atoms with van der Waals surface area (Å²) < 4.78 is 28.9. The molecule has 3 heterocycles. The van der Waals surface area contributed by atoms with Crippen LogP contribution in [-0.2, 0) is 5.41 Å². The average Bonchev–Trinajstić information content (AvgIpc) is 3.47. The SMILES string of the molecule is CC1(C)[C@H]2CC[C@@]1(c1ccnc(N3CCC[C@H]3CO)n1)c1nnc(-c3c(F)cccc3F)cc12. The number of hydrogen-bond acceptors (Lipinski definition) is 6. The van der Waals surface area contributed by atoms with Crippen LogP contribution in [0.15, 0.2) is 36.5 Å². The van der Waals surface area contributed by atoms with Crippen molar-refractivity contribution in [3.05, 3.63) is 65.1 Å². The van der Waals surface area contributed by atoms with Crippen LogP contribution in [0.25, 0.3) is 11.3 Å². The lowest BCUT2D eigenvalue weighted by Crippen LogP contribution is -2.39. The summed E-state index contributed by atoms with van der Waals surface area (Å²) in [7, 11) is 0. The second-order valence-corrected chi connectivity index (χ2v) is 10.3. The third-order valence-electron chi connectivity index (χ3n) is 8.53. The molecule has 3 aromatic rings. The minimum atomic E-state index is -0.643. The smallest absolute Gasteiger partial charge is 0.225 e. The summed E-state index contributed by atoms with van der Waals surface area (Å²) in [6, 6.07) is 7.64. The lowest BCUT2D eigenvalue weighted by atomic mass is 9.66. The summed E-state index contributed by atoms with van der Waals surface area (Å²) in [6.45, 7) is 5.35. The first-order valence-corrected chi connectivity index (χ1v) is 11.9. The first kappa shape index (κ1) is 21.5. The van der Waals surface area contributed by atoms with Crippen LogP contribution in [0.5, 0.6) is 0 Å². The van der Waals surface area contributed by atoms with E-state index in [9.17, 15) is 13.9 Å². The summed E-state index contributed by atoms with van der Waals surface area (Å²) in [4.78, 5) is 11.6. The molecule has 2 aromatic heterocycles. The van der Waals surface area contributed by atoms with Crippen molar-refractivity contribution in [2.45, 2.75) is 56.9 Å². The number of halogens is 2. The molecule has 176 valence electrons. The Hall–Kier alpha value is -3.00. The van der Waals surface area contributed by atoms with Crippen LogP contribution in [0.3, 0.4) is 0 Å². The molecule has 2 aliphatic carbocycles. The average molecular weight is 464 g/mol. The van der Waals surface area contributed by atoms with Crippen LogP contribution < -0.4 is 4.90 Å². The molecule has 2 bridgehead atoms. The molecule has 6 nitrogen and oxygen atoms in total. The van der Waals surface area contributed by atoms with E-state index >= 15 is 0 Å². The van der Waals surface area contributed by atoms with Crippen molar-refractivity contribution in [1.82, 2.24) is 20.2 Å². The summed E-state index contributed by atoms with van der Waals surface area (Å²) in [5.74, 6) is -0.470. The molecule has 8 heteroatoms. The Bertz CT molecular complexity index is 1260. The van der Waals surface area contributed by atoms with Crippen molar-refractivity contribution in [3.8, 4) is 11.3 Å². The molecule has 0 amide bonds. The minimum Gasteiger partial charge on any atom is -0.394 e. The fourth-order valence-corrected chi connectivity index (χ4v) is 6.77. The molecule has 1 saturated heterocycles. The standard InChI is InChI=1S/C26H27F2N5O/c1-25(2)17-8-10-26(25,21-9-11-29-24(30-21)33-12-4-5-15(33)14-34)23-16(17)13-20(31-32-23)22-18(27)6-3-7-19(22)28/h3,6-7,9,11,13,15,17,34H,4-5,8,10,12,14H2,1-2H3/t15-,17-,26+/m0/s1. The number of nitrogens with zero attached hydrogens (tertiary/aromatic N) is 5. The molecule has 0 unspecified atom stereocenters. The van der Waals surface area contributed by atoms with Crippen LogP contribution in [-0.4, -0.2) is 44.5 Å². The molecule has 0 spiro atoms. The molecule has 1 aliphatic heterocycles. The van der Waals surface area contributed by atoms with Crippen LogP contribution in [0.4, 0.5) is 14.7 Å². The predicted molar refractivity (Wildman–Crippen MR) is 123 cm³/mol. The maximum atomic E-state index is 14.5. The van der Waals surface area contributed by atoms with Crippen molar-refractivity contribution >= 4 is 5.95 Å². The van der Waals surface area contributed by atoms with Gasteiger partial charge in [-0.3, -0.25) is 0 Å². The van der Waals surface area contributed by atoms with Gasteiger partial charge in [0.25, 0.3) is 0 Å². The van der Waals surface area contributed by atoms with Crippen LogP contribution in [0.1, 0.15) is 62.4 Å². The molecule has 34 heavy (non-hydrogen) atoms. The van der Waals surface area contributed by atoms with E-state index in [1.165, 1.54) is 18.2 Å². The lowest BCUT2D eigenvalue weighted by molar-refractivity contribution is 0.242. The first-order valence-electron chi connectivity index (χ1n) is 11.9. The number of hydrogen-bond donors (Lipinski definition) is 1. The third-order valence-corrected chi connectivity index (χ3v) is 8.53. The Morgan fingerprint density at radius 3 is 2.68 bits per heavy atom. The molecular formula is C26H27F2N5O. The fourth-order valence-electron chi connectivity index (χ4n) is 6.77. The van der Waals surface area contributed by atoms with Crippen molar-refractivity contribution in [3.63, 3.8) is 0 Å². The van der Waals surface area contributed by atoms with Gasteiger partial charge in [-0.05, 0) is 66.8 Å². The van der Waals surface area contributed by atoms with Gasteiger partial charge in [0, 0.05) is 12.7 Å². The van der Waals surface area contributed by atoms with Crippen LogP contribution >= 0.6 is 0 Å². The van der Waals surface area contributed by atoms with E-state index in [4.69, 9.17) is 4.98 Å². The molecule has 3 aliphatic rings. The molecule has 0 radical (unpaired) electrons. The van der Waals surface area contributed by atoms with E-state index < -0.39 is 17.0 Å². The molecule has 2 fully saturated rings. The van der Waals surface area contributed by atoms with Gasteiger partial charge in [0.1, 0.15) is 11.6 Å². The van der Waals surface area contributed by atoms with Gasteiger partial charge in [-0.1, -0.05) is 19.9 Å². The largest absolute Gasteiger partial charge is 0.394 e. The molecule has 3 atom stereocenters. The lowest BCUT2D eigenvalue weighted by Gasteiger charge is -2.37. The Labute approximate surface area is 197 Å². The fraction of sp³-hybridized carbons (Fsp3) is 0.462. The third kappa shape index (κ3) is 2.75. The van der Waals surface area contributed by atoms with Crippen LogP contribution in [0, 0.1) is 17.0 Å². The number of anilines is 1. The molecular weight excluding hydrogens is 436 g/mol.